The van der Waals surface area contributed by atoms with Gasteiger partial charge in [-0.25, -0.2) is 9.98 Å². The lowest BCUT2D eigenvalue weighted by molar-refractivity contribution is 0.258. The Hall–Kier alpha value is -2.46. The Bertz CT molecular complexity index is 975. The zero-order valence-corrected chi connectivity index (χ0v) is 21.0. The molecule has 3 aromatic rings. The van der Waals surface area contributed by atoms with Gasteiger partial charge in [-0.3, -0.25) is 10.00 Å². The number of nitrogens with one attached hydrogen (secondary N) is 3. The van der Waals surface area contributed by atoms with E-state index in [0.717, 1.165) is 49.0 Å². The Kier molecular flexibility index (Phi) is 9.04. The molecule has 1 saturated heterocycles. The van der Waals surface area contributed by atoms with Crippen LogP contribution in [0.1, 0.15) is 31.4 Å². The summed E-state index contributed by atoms with van der Waals surface area (Å²) in [6.07, 6.45) is 2.63. The minimum atomic E-state index is 0. The molecule has 170 valence electrons. The van der Waals surface area contributed by atoms with Crippen molar-refractivity contribution in [2.24, 2.45) is 4.99 Å². The van der Waals surface area contributed by atoms with Gasteiger partial charge in [0, 0.05) is 37.3 Å². The molecule has 0 radical (unpaired) electrons. The molecule has 2 atom stereocenters. The molecule has 2 heterocycles. The minimum Gasteiger partial charge on any atom is -0.357 e. The van der Waals surface area contributed by atoms with Crippen molar-refractivity contribution >= 4 is 29.9 Å². The lowest BCUT2D eigenvalue weighted by Crippen LogP contribution is -2.44. The molecular weight excluding hydrogens is 513 g/mol. The molecule has 2 unspecified atom stereocenters. The van der Waals surface area contributed by atoms with Gasteiger partial charge in [0.25, 0.3) is 0 Å². The van der Waals surface area contributed by atoms with Gasteiger partial charge in [0.05, 0.1) is 6.54 Å². The summed E-state index contributed by atoms with van der Waals surface area (Å²) in [7, 11) is 0. The van der Waals surface area contributed by atoms with Crippen molar-refractivity contribution in [1.82, 2.24) is 30.7 Å². The molecule has 7 nitrogen and oxygen atoms in total. The number of aliphatic imine (C=N–C) groups is 1. The smallest absolute Gasteiger partial charge is 0.191 e. The highest BCUT2D eigenvalue weighted by Gasteiger charge is 2.29. The number of aromatic amines is 1. The van der Waals surface area contributed by atoms with Crippen molar-refractivity contribution in [3.63, 3.8) is 0 Å². The van der Waals surface area contributed by atoms with Crippen LogP contribution in [0.2, 0.25) is 0 Å². The molecule has 0 saturated carbocycles. The first kappa shape index (κ1) is 24.2. The van der Waals surface area contributed by atoms with Crippen molar-refractivity contribution < 1.29 is 0 Å². The summed E-state index contributed by atoms with van der Waals surface area (Å²) < 4.78 is 0. The number of rotatable bonds is 7. The molecule has 1 aliphatic heterocycles. The van der Waals surface area contributed by atoms with Crippen molar-refractivity contribution in [2.75, 3.05) is 13.1 Å². The summed E-state index contributed by atoms with van der Waals surface area (Å²) in [4.78, 5) is 11.6. The number of nitrogens with zero attached hydrogens (tertiary/aromatic N) is 4. The van der Waals surface area contributed by atoms with Gasteiger partial charge in [-0.05, 0) is 37.5 Å². The van der Waals surface area contributed by atoms with Gasteiger partial charge >= 0.3 is 0 Å². The second kappa shape index (κ2) is 12.0. The van der Waals surface area contributed by atoms with Crippen LogP contribution < -0.4 is 10.6 Å². The zero-order chi connectivity index (χ0) is 21.5. The highest BCUT2D eigenvalue weighted by atomic mass is 127. The average molecular weight is 545 g/mol. The third kappa shape index (κ3) is 6.52. The molecule has 1 aromatic heterocycles. The lowest BCUT2D eigenvalue weighted by Gasteiger charge is -2.21. The van der Waals surface area contributed by atoms with Crippen molar-refractivity contribution in [3.05, 3.63) is 72.1 Å². The number of H-pyrrole nitrogens is 1. The van der Waals surface area contributed by atoms with Crippen molar-refractivity contribution in [2.45, 2.75) is 45.4 Å². The molecular formula is C24H32IN7. The number of halogens is 1. The number of likely N-dealkylation sites (tertiary alicyclic amines) is 1. The standard InChI is InChI=1S/C24H31N7.HI/c1-3-25-24(26-14-20-10-7-11-21(13-20)23-27-17-28-30-23)29-22-12-18(2)31(16-22)15-19-8-5-4-6-9-19;/h4-11,13,17-18,22H,3,12,14-16H2,1-2H3,(H2,25,26,29)(H,27,28,30);1H. The normalized spacial score (nSPS) is 18.9. The van der Waals surface area contributed by atoms with Gasteiger partial charge < -0.3 is 10.6 Å². The van der Waals surface area contributed by atoms with Crippen LogP contribution in [0.4, 0.5) is 0 Å². The van der Waals surface area contributed by atoms with E-state index in [2.05, 4.69) is 87.0 Å². The first-order chi connectivity index (χ1) is 15.2. The van der Waals surface area contributed by atoms with Gasteiger partial charge in [0.2, 0.25) is 0 Å². The van der Waals surface area contributed by atoms with Crippen LogP contribution in [-0.2, 0) is 13.1 Å². The monoisotopic (exact) mass is 545 g/mol. The molecule has 1 fully saturated rings. The van der Waals surface area contributed by atoms with Crippen LogP contribution in [-0.4, -0.2) is 51.2 Å². The Morgan fingerprint density at radius 2 is 1.97 bits per heavy atom. The number of hydrogen-bond acceptors (Lipinski definition) is 4. The molecule has 1 aliphatic rings. The lowest BCUT2D eigenvalue weighted by atomic mass is 10.1. The van der Waals surface area contributed by atoms with E-state index in [9.17, 15) is 0 Å². The predicted octanol–water partition coefficient (Wildman–Crippen LogP) is 3.81. The van der Waals surface area contributed by atoms with Crippen LogP contribution in [0.25, 0.3) is 11.4 Å². The summed E-state index contributed by atoms with van der Waals surface area (Å²) in [5.41, 5.74) is 3.52. The number of guanidine groups is 1. The van der Waals surface area contributed by atoms with Gasteiger partial charge in [0.15, 0.2) is 11.8 Å². The van der Waals surface area contributed by atoms with Crippen LogP contribution >= 0.6 is 24.0 Å². The summed E-state index contributed by atoms with van der Waals surface area (Å²) in [6.45, 7) is 7.85. The van der Waals surface area contributed by atoms with Gasteiger partial charge in [0.1, 0.15) is 6.33 Å². The van der Waals surface area contributed by atoms with Crippen LogP contribution in [0.3, 0.4) is 0 Å². The van der Waals surface area contributed by atoms with E-state index in [-0.39, 0.29) is 24.0 Å². The average Bonchev–Trinajstić information content (AvgIpc) is 3.44. The minimum absolute atomic E-state index is 0. The molecule has 2 aromatic carbocycles. The molecule has 3 N–H and O–H groups in total. The van der Waals surface area contributed by atoms with E-state index in [4.69, 9.17) is 4.99 Å². The SMILES string of the molecule is CCNC(=NCc1cccc(-c2ncn[nH]2)c1)NC1CC(C)N(Cc2ccccc2)C1.I. The topological polar surface area (TPSA) is 81.2 Å². The summed E-state index contributed by atoms with van der Waals surface area (Å²) in [5, 5.41) is 13.9. The van der Waals surface area contributed by atoms with Gasteiger partial charge in [-0.15, -0.1) is 24.0 Å². The van der Waals surface area contributed by atoms with E-state index in [1.807, 2.05) is 12.1 Å². The molecule has 0 bridgehead atoms. The maximum Gasteiger partial charge on any atom is 0.191 e. The first-order valence-electron chi connectivity index (χ1n) is 11.0. The Balaban J connectivity index is 0.00000289. The summed E-state index contributed by atoms with van der Waals surface area (Å²) in [5.74, 6) is 1.64. The summed E-state index contributed by atoms with van der Waals surface area (Å²) in [6, 6.07) is 19.9. The van der Waals surface area contributed by atoms with Crippen molar-refractivity contribution in [1.29, 1.82) is 0 Å². The zero-order valence-electron chi connectivity index (χ0n) is 18.7. The Morgan fingerprint density at radius 1 is 1.16 bits per heavy atom. The van der Waals surface area contributed by atoms with Gasteiger partial charge in [-0.1, -0.05) is 48.5 Å². The second-order valence-electron chi connectivity index (χ2n) is 8.07. The first-order valence-corrected chi connectivity index (χ1v) is 11.0. The fraction of sp³-hybridized carbons (Fsp3) is 0.375. The fourth-order valence-electron chi connectivity index (χ4n) is 4.09. The van der Waals surface area contributed by atoms with E-state index < -0.39 is 0 Å². The van der Waals surface area contributed by atoms with E-state index >= 15 is 0 Å². The van der Waals surface area contributed by atoms with Gasteiger partial charge in [-0.2, -0.15) is 5.10 Å². The Morgan fingerprint density at radius 3 is 2.72 bits per heavy atom. The molecule has 0 amide bonds. The molecule has 0 aliphatic carbocycles. The predicted molar refractivity (Wildman–Crippen MR) is 140 cm³/mol. The molecule has 32 heavy (non-hydrogen) atoms. The number of benzene rings is 2. The number of aromatic nitrogens is 3. The fourth-order valence-corrected chi connectivity index (χ4v) is 4.09. The maximum absolute atomic E-state index is 4.83. The molecule has 0 spiro atoms. The van der Waals surface area contributed by atoms with E-state index in [1.54, 1.807) is 0 Å². The third-order valence-electron chi connectivity index (χ3n) is 5.65. The molecule has 4 rings (SSSR count). The highest BCUT2D eigenvalue weighted by Crippen LogP contribution is 2.20. The van der Waals surface area contributed by atoms with E-state index in [0.29, 0.717) is 18.6 Å². The van der Waals surface area contributed by atoms with Crippen LogP contribution in [0.15, 0.2) is 65.9 Å². The largest absolute Gasteiger partial charge is 0.357 e. The third-order valence-corrected chi connectivity index (χ3v) is 5.65. The van der Waals surface area contributed by atoms with E-state index in [1.165, 1.54) is 11.9 Å². The van der Waals surface area contributed by atoms with Crippen molar-refractivity contribution in [3.8, 4) is 11.4 Å². The van der Waals surface area contributed by atoms with Crippen LogP contribution in [0, 0.1) is 0 Å². The molecule has 8 heteroatoms. The van der Waals surface area contributed by atoms with Crippen LogP contribution in [0.5, 0.6) is 0 Å². The highest BCUT2D eigenvalue weighted by molar-refractivity contribution is 14.0. The number of hydrogen-bond donors (Lipinski definition) is 3. The Labute approximate surface area is 207 Å². The quantitative estimate of drug-likeness (QED) is 0.239. The maximum atomic E-state index is 4.83. The summed E-state index contributed by atoms with van der Waals surface area (Å²) >= 11 is 0. The second-order valence-corrected chi connectivity index (χ2v) is 8.07.